The molecule has 0 aliphatic rings. The molecule has 0 heterocycles. The van der Waals surface area contributed by atoms with Crippen molar-refractivity contribution < 1.29 is 0 Å². The molecule has 0 aliphatic carbocycles. The van der Waals surface area contributed by atoms with E-state index in [1.54, 1.807) is 0 Å². The lowest BCUT2D eigenvalue weighted by molar-refractivity contribution is 0.304. The Labute approximate surface area is 95.6 Å². The summed E-state index contributed by atoms with van der Waals surface area (Å²) in [6.07, 6.45) is 3.71. The predicted octanol–water partition coefficient (Wildman–Crippen LogP) is 3.91. The van der Waals surface area contributed by atoms with Gasteiger partial charge in [0.05, 0.1) is 0 Å². The maximum absolute atomic E-state index is 8.19. The van der Waals surface area contributed by atoms with Crippen molar-refractivity contribution in [2.45, 2.75) is 66.8 Å². The summed E-state index contributed by atoms with van der Waals surface area (Å²) in [5.41, 5.74) is -0.0313. The zero-order valence-electron chi connectivity index (χ0n) is 11.4. The Morgan fingerprint density at radius 3 is 2.07 bits per heavy atom. The second-order valence-electron chi connectivity index (χ2n) is 5.59. The van der Waals surface area contributed by atoms with Gasteiger partial charge in [-0.05, 0) is 20.3 Å². The highest BCUT2D eigenvalue weighted by Gasteiger charge is 2.24. The molecule has 0 aromatic carbocycles. The molecule has 0 atom stereocenters. The standard InChI is InChI=1S/C13H28N2/c1-7-8-9-10-15(11(2)3)12(14)13(4,5)6/h11,14H,7-10H2,1-6H3. The number of amidine groups is 1. The van der Waals surface area contributed by atoms with Crippen molar-refractivity contribution in [3.05, 3.63) is 0 Å². The molecule has 0 radical (unpaired) electrons. The van der Waals surface area contributed by atoms with Crippen molar-refractivity contribution in [1.82, 2.24) is 4.90 Å². The first-order valence-corrected chi connectivity index (χ1v) is 6.16. The van der Waals surface area contributed by atoms with Gasteiger partial charge < -0.3 is 4.90 Å². The summed E-state index contributed by atoms with van der Waals surface area (Å²) < 4.78 is 0. The largest absolute Gasteiger partial charge is 0.358 e. The van der Waals surface area contributed by atoms with E-state index in [0.29, 0.717) is 6.04 Å². The molecule has 0 rings (SSSR count). The molecule has 0 aromatic rings. The van der Waals surface area contributed by atoms with Crippen LogP contribution in [0.3, 0.4) is 0 Å². The first-order valence-electron chi connectivity index (χ1n) is 6.16. The molecule has 0 bridgehead atoms. The summed E-state index contributed by atoms with van der Waals surface area (Å²) in [5.74, 6) is 0.772. The SMILES string of the molecule is CCCCCN(C(=N)C(C)(C)C)C(C)C. The third-order valence-corrected chi connectivity index (χ3v) is 2.62. The molecule has 15 heavy (non-hydrogen) atoms. The quantitative estimate of drug-likeness (QED) is 0.417. The molecule has 0 spiro atoms. The summed E-state index contributed by atoms with van der Waals surface area (Å²) in [5, 5.41) is 8.19. The topological polar surface area (TPSA) is 27.1 Å². The third kappa shape index (κ3) is 5.19. The average molecular weight is 212 g/mol. The van der Waals surface area contributed by atoms with Gasteiger partial charge in [0, 0.05) is 18.0 Å². The van der Waals surface area contributed by atoms with Gasteiger partial charge in [-0.15, -0.1) is 0 Å². The van der Waals surface area contributed by atoms with E-state index in [2.05, 4.69) is 46.4 Å². The van der Waals surface area contributed by atoms with Gasteiger partial charge in [0.15, 0.2) is 0 Å². The van der Waals surface area contributed by atoms with Crippen LogP contribution in [0.5, 0.6) is 0 Å². The summed E-state index contributed by atoms with van der Waals surface area (Å²) in [6, 6.07) is 0.439. The number of hydrogen-bond donors (Lipinski definition) is 1. The van der Waals surface area contributed by atoms with Gasteiger partial charge in [0.2, 0.25) is 0 Å². The van der Waals surface area contributed by atoms with Gasteiger partial charge in [0.1, 0.15) is 5.84 Å². The van der Waals surface area contributed by atoms with Gasteiger partial charge >= 0.3 is 0 Å². The summed E-state index contributed by atoms with van der Waals surface area (Å²) in [7, 11) is 0. The van der Waals surface area contributed by atoms with Crippen molar-refractivity contribution in [1.29, 1.82) is 5.41 Å². The van der Waals surface area contributed by atoms with Crippen LogP contribution in [0.2, 0.25) is 0 Å². The Kier molecular flexibility index (Phi) is 5.92. The Hall–Kier alpha value is -0.530. The fourth-order valence-corrected chi connectivity index (χ4v) is 1.59. The van der Waals surface area contributed by atoms with Crippen LogP contribution in [0, 0.1) is 10.8 Å². The highest BCUT2D eigenvalue weighted by Crippen LogP contribution is 2.20. The van der Waals surface area contributed by atoms with Crippen LogP contribution in [0.1, 0.15) is 60.8 Å². The van der Waals surface area contributed by atoms with E-state index in [4.69, 9.17) is 5.41 Å². The number of nitrogens with one attached hydrogen (secondary N) is 1. The van der Waals surface area contributed by atoms with Crippen molar-refractivity contribution in [3.63, 3.8) is 0 Å². The van der Waals surface area contributed by atoms with E-state index < -0.39 is 0 Å². The van der Waals surface area contributed by atoms with Crippen LogP contribution < -0.4 is 0 Å². The van der Waals surface area contributed by atoms with Crippen LogP contribution in [-0.2, 0) is 0 Å². The summed E-state index contributed by atoms with van der Waals surface area (Å²) >= 11 is 0. The predicted molar refractivity (Wildman–Crippen MR) is 68.5 cm³/mol. The minimum absolute atomic E-state index is 0.0313. The molecule has 2 nitrogen and oxygen atoms in total. The number of rotatable bonds is 5. The smallest absolute Gasteiger partial charge is 0.101 e. The second-order valence-corrected chi connectivity index (χ2v) is 5.59. The van der Waals surface area contributed by atoms with Crippen molar-refractivity contribution >= 4 is 5.84 Å². The molecular formula is C13H28N2. The highest BCUT2D eigenvalue weighted by molar-refractivity contribution is 5.84. The van der Waals surface area contributed by atoms with Crippen LogP contribution in [-0.4, -0.2) is 23.3 Å². The minimum Gasteiger partial charge on any atom is -0.358 e. The van der Waals surface area contributed by atoms with Crippen molar-refractivity contribution in [3.8, 4) is 0 Å². The fraction of sp³-hybridized carbons (Fsp3) is 0.923. The summed E-state index contributed by atoms with van der Waals surface area (Å²) in [6.45, 7) is 13.9. The first-order chi connectivity index (χ1) is 6.80. The zero-order valence-corrected chi connectivity index (χ0v) is 11.4. The van der Waals surface area contributed by atoms with E-state index in [0.717, 1.165) is 12.4 Å². The van der Waals surface area contributed by atoms with Gasteiger partial charge in [-0.1, -0.05) is 40.5 Å². The Balaban J connectivity index is 4.33. The molecule has 1 N–H and O–H groups in total. The van der Waals surface area contributed by atoms with Gasteiger partial charge in [-0.3, -0.25) is 5.41 Å². The van der Waals surface area contributed by atoms with E-state index in [1.165, 1.54) is 19.3 Å². The zero-order chi connectivity index (χ0) is 12.1. The van der Waals surface area contributed by atoms with Crippen LogP contribution in [0.4, 0.5) is 0 Å². The van der Waals surface area contributed by atoms with E-state index in [1.807, 2.05) is 0 Å². The Morgan fingerprint density at radius 2 is 1.73 bits per heavy atom. The lowest BCUT2D eigenvalue weighted by Crippen LogP contribution is -2.43. The Morgan fingerprint density at radius 1 is 1.20 bits per heavy atom. The molecule has 0 aliphatic heterocycles. The van der Waals surface area contributed by atoms with Gasteiger partial charge in [0.25, 0.3) is 0 Å². The van der Waals surface area contributed by atoms with Gasteiger partial charge in [-0.2, -0.15) is 0 Å². The molecular weight excluding hydrogens is 184 g/mol. The molecule has 2 heteroatoms. The summed E-state index contributed by atoms with van der Waals surface area (Å²) in [4.78, 5) is 2.23. The molecule has 0 fully saturated rings. The molecule has 0 saturated heterocycles. The minimum atomic E-state index is -0.0313. The van der Waals surface area contributed by atoms with Crippen LogP contribution in [0.25, 0.3) is 0 Å². The lowest BCUT2D eigenvalue weighted by Gasteiger charge is -2.35. The van der Waals surface area contributed by atoms with E-state index in [9.17, 15) is 0 Å². The van der Waals surface area contributed by atoms with Crippen LogP contribution >= 0.6 is 0 Å². The number of unbranched alkanes of at least 4 members (excludes halogenated alkanes) is 2. The molecule has 0 saturated carbocycles. The highest BCUT2D eigenvalue weighted by atomic mass is 15.2. The van der Waals surface area contributed by atoms with Crippen molar-refractivity contribution in [2.75, 3.05) is 6.54 Å². The normalized spacial score (nSPS) is 11.9. The number of hydrogen-bond acceptors (Lipinski definition) is 1. The lowest BCUT2D eigenvalue weighted by atomic mass is 9.93. The maximum Gasteiger partial charge on any atom is 0.101 e. The molecule has 90 valence electrons. The molecule has 0 aromatic heterocycles. The molecule has 0 amide bonds. The van der Waals surface area contributed by atoms with Crippen LogP contribution in [0.15, 0.2) is 0 Å². The van der Waals surface area contributed by atoms with Gasteiger partial charge in [-0.25, -0.2) is 0 Å². The Bertz CT molecular complexity index is 189. The molecule has 0 unspecified atom stereocenters. The van der Waals surface area contributed by atoms with E-state index >= 15 is 0 Å². The fourth-order valence-electron chi connectivity index (χ4n) is 1.59. The number of nitrogens with zero attached hydrogens (tertiary/aromatic N) is 1. The monoisotopic (exact) mass is 212 g/mol. The first kappa shape index (κ1) is 14.5. The third-order valence-electron chi connectivity index (χ3n) is 2.62. The average Bonchev–Trinajstić information content (AvgIpc) is 2.09. The van der Waals surface area contributed by atoms with Crippen molar-refractivity contribution in [2.24, 2.45) is 5.41 Å². The second kappa shape index (κ2) is 6.14. The van der Waals surface area contributed by atoms with E-state index in [-0.39, 0.29) is 5.41 Å². The maximum atomic E-state index is 8.19.